The fourth-order valence-corrected chi connectivity index (χ4v) is 1.82. The lowest BCUT2D eigenvalue weighted by Gasteiger charge is -2.29. The average molecular weight is 229 g/mol. The number of carbonyl (C=O) groups is 2. The molecule has 0 N–H and O–H groups in total. The Bertz CT molecular complexity index is 232. The zero-order chi connectivity index (χ0) is 12.0. The zero-order valence-corrected chi connectivity index (χ0v) is 9.90. The van der Waals surface area contributed by atoms with Crippen LogP contribution in [0.3, 0.4) is 0 Å². The van der Waals surface area contributed by atoms with E-state index in [2.05, 4.69) is 4.90 Å². The molecular weight excluding hydrogens is 210 g/mol. The number of likely N-dealkylation sites (tertiary alicyclic amines) is 1. The van der Waals surface area contributed by atoms with Crippen LogP contribution in [-0.2, 0) is 19.1 Å². The van der Waals surface area contributed by atoms with Crippen LogP contribution in [0.15, 0.2) is 0 Å². The van der Waals surface area contributed by atoms with Gasteiger partial charge in [-0.1, -0.05) is 6.42 Å². The summed E-state index contributed by atoms with van der Waals surface area (Å²) in [7, 11) is 0. The summed E-state index contributed by atoms with van der Waals surface area (Å²) in [6, 6.07) is 0. The summed E-state index contributed by atoms with van der Waals surface area (Å²) in [6.07, 6.45) is 2.76. The lowest BCUT2D eigenvalue weighted by Crippen LogP contribution is -2.40. The van der Waals surface area contributed by atoms with Crippen molar-refractivity contribution >= 4 is 11.9 Å². The van der Waals surface area contributed by atoms with E-state index in [0.717, 1.165) is 25.9 Å². The van der Waals surface area contributed by atoms with Crippen LogP contribution >= 0.6 is 0 Å². The number of piperidine rings is 1. The van der Waals surface area contributed by atoms with Crippen molar-refractivity contribution in [2.75, 3.05) is 19.6 Å². The Morgan fingerprint density at radius 3 is 2.00 bits per heavy atom. The van der Waals surface area contributed by atoms with Crippen LogP contribution in [0.5, 0.6) is 0 Å². The number of hydrogen-bond acceptors (Lipinski definition) is 5. The number of rotatable bonds is 4. The maximum atomic E-state index is 10.8. The van der Waals surface area contributed by atoms with Crippen molar-refractivity contribution in [3.8, 4) is 0 Å². The highest BCUT2D eigenvalue weighted by Gasteiger charge is 2.20. The third-order valence-corrected chi connectivity index (χ3v) is 2.45. The van der Waals surface area contributed by atoms with Gasteiger partial charge in [0.2, 0.25) is 0 Å². The number of nitrogens with zero attached hydrogens (tertiary/aromatic N) is 1. The minimum atomic E-state index is -0.770. The van der Waals surface area contributed by atoms with E-state index in [1.54, 1.807) is 0 Å². The van der Waals surface area contributed by atoms with Gasteiger partial charge in [-0.15, -0.1) is 0 Å². The highest BCUT2D eigenvalue weighted by Crippen LogP contribution is 2.10. The monoisotopic (exact) mass is 229 g/mol. The Morgan fingerprint density at radius 1 is 1.06 bits per heavy atom. The second-order valence-electron chi connectivity index (χ2n) is 4.01. The molecule has 92 valence electrons. The minimum Gasteiger partial charge on any atom is -0.424 e. The van der Waals surface area contributed by atoms with Crippen LogP contribution in [0.25, 0.3) is 0 Å². The average Bonchev–Trinajstić information content (AvgIpc) is 2.16. The highest BCUT2D eigenvalue weighted by atomic mass is 16.7. The van der Waals surface area contributed by atoms with E-state index in [4.69, 9.17) is 9.47 Å². The van der Waals surface area contributed by atoms with Crippen molar-refractivity contribution in [3.05, 3.63) is 0 Å². The van der Waals surface area contributed by atoms with Gasteiger partial charge in [0.05, 0.1) is 6.54 Å². The van der Waals surface area contributed by atoms with Gasteiger partial charge in [0.25, 0.3) is 6.29 Å². The first-order valence-electron chi connectivity index (χ1n) is 5.64. The quantitative estimate of drug-likeness (QED) is 0.530. The smallest absolute Gasteiger partial charge is 0.305 e. The molecule has 1 fully saturated rings. The van der Waals surface area contributed by atoms with Crippen LogP contribution < -0.4 is 0 Å². The molecule has 0 radical (unpaired) electrons. The molecule has 0 unspecified atom stereocenters. The van der Waals surface area contributed by atoms with E-state index in [1.165, 1.54) is 20.3 Å². The molecule has 1 heterocycles. The minimum absolute atomic E-state index is 0.428. The van der Waals surface area contributed by atoms with Gasteiger partial charge in [-0.05, 0) is 25.9 Å². The van der Waals surface area contributed by atoms with Crippen LogP contribution in [-0.4, -0.2) is 42.8 Å². The van der Waals surface area contributed by atoms with Crippen molar-refractivity contribution in [2.45, 2.75) is 39.4 Å². The summed E-state index contributed by atoms with van der Waals surface area (Å²) in [6.45, 7) is 5.04. The SMILES string of the molecule is CC(=O)OC(CN1CCCCC1)OC(C)=O. The van der Waals surface area contributed by atoms with E-state index in [0.29, 0.717) is 6.54 Å². The molecule has 0 aromatic heterocycles. The Morgan fingerprint density at radius 2 is 1.56 bits per heavy atom. The second-order valence-corrected chi connectivity index (χ2v) is 4.01. The largest absolute Gasteiger partial charge is 0.424 e. The van der Waals surface area contributed by atoms with Gasteiger partial charge in [0.1, 0.15) is 0 Å². The van der Waals surface area contributed by atoms with Crippen molar-refractivity contribution in [3.63, 3.8) is 0 Å². The summed E-state index contributed by atoms with van der Waals surface area (Å²) in [5.41, 5.74) is 0. The topological polar surface area (TPSA) is 55.8 Å². The Balaban J connectivity index is 2.40. The van der Waals surface area contributed by atoms with E-state index < -0.39 is 18.2 Å². The molecule has 0 amide bonds. The molecule has 1 aliphatic rings. The normalized spacial score (nSPS) is 17.2. The van der Waals surface area contributed by atoms with Crippen molar-refractivity contribution in [1.29, 1.82) is 0 Å². The molecule has 0 aliphatic carbocycles. The van der Waals surface area contributed by atoms with Gasteiger partial charge in [-0.2, -0.15) is 0 Å². The van der Waals surface area contributed by atoms with Gasteiger partial charge in [0, 0.05) is 13.8 Å². The predicted octanol–water partition coefficient (Wildman–Crippen LogP) is 0.925. The fraction of sp³-hybridized carbons (Fsp3) is 0.818. The van der Waals surface area contributed by atoms with E-state index in [9.17, 15) is 9.59 Å². The highest BCUT2D eigenvalue weighted by molar-refractivity contribution is 5.68. The molecule has 0 atom stereocenters. The van der Waals surface area contributed by atoms with Gasteiger partial charge in [-0.25, -0.2) is 0 Å². The van der Waals surface area contributed by atoms with Crippen LogP contribution in [0, 0.1) is 0 Å². The standard InChI is InChI=1S/C11H19NO4/c1-9(13)15-11(16-10(2)14)8-12-6-4-3-5-7-12/h11H,3-8H2,1-2H3. The maximum Gasteiger partial charge on any atom is 0.305 e. The maximum absolute atomic E-state index is 10.8. The number of carbonyl (C=O) groups excluding carboxylic acids is 2. The molecule has 16 heavy (non-hydrogen) atoms. The molecule has 0 spiro atoms. The summed E-state index contributed by atoms with van der Waals surface area (Å²) in [5.74, 6) is -0.855. The first kappa shape index (κ1) is 13.0. The third-order valence-electron chi connectivity index (χ3n) is 2.45. The number of esters is 2. The van der Waals surface area contributed by atoms with Crippen LogP contribution in [0.4, 0.5) is 0 Å². The fourth-order valence-electron chi connectivity index (χ4n) is 1.82. The molecule has 0 saturated carbocycles. The van der Waals surface area contributed by atoms with Gasteiger partial charge >= 0.3 is 11.9 Å². The van der Waals surface area contributed by atoms with Crippen molar-refractivity contribution < 1.29 is 19.1 Å². The van der Waals surface area contributed by atoms with Gasteiger partial charge in [0.15, 0.2) is 0 Å². The summed E-state index contributed by atoms with van der Waals surface area (Å²) in [5, 5.41) is 0. The molecule has 1 rings (SSSR count). The summed E-state index contributed by atoms with van der Waals surface area (Å²) < 4.78 is 9.88. The Hall–Kier alpha value is -1.10. The second kappa shape index (κ2) is 6.48. The lowest BCUT2D eigenvalue weighted by molar-refractivity contribution is -0.188. The first-order valence-corrected chi connectivity index (χ1v) is 5.64. The van der Waals surface area contributed by atoms with E-state index >= 15 is 0 Å². The number of hydrogen-bond donors (Lipinski definition) is 0. The summed E-state index contributed by atoms with van der Waals surface area (Å²) in [4.78, 5) is 23.8. The molecule has 0 bridgehead atoms. The van der Waals surface area contributed by atoms with Crippen LogP contribution in [0.1, 0.15) is 33.1 Å². The Labute approximate surface area is 95.7 Å². The lowest BCUT2D eigenvalue weighted by atomic mass is 10.1. The third kappa shape index (κ3) is 5.11. The number of ether oxygens (including phenoxy) is 2. The molecule has 1 aliphatic heterocycles. The molecule has 0 aromatic carbocycles. The van der Waals surface area contributed by atoms with Crippen LogP contribution in [0.2, 0.25) is 0 Å². The first-order chi connectivity index (χ1) is 7.58. The van der Waals surface area contributed by atoms with Gasteiger partial charge < -0.3 is 9.47 Å². The molecular formula is C11H19NO4. The van der Waals surface area contributed by atoms with Gasteiger partial charge in [-0.3, -0.25) is 14.5 Å². The van der Waals surface area contributed by atoms with E-state index in [-0.39, 0.29) is 0 Å². The van der Waals surface area contributed by atoms with E-state index in [1.807, 2.05) is 0 Å². The summed E-state index contributed by atoms with van der Waals surface area (Å²) >= 11 is 0. The zero-order valence-electron chi connectivity index (χ0n) is 9.90. The molecule has 0 aromatic rings. The van der Waals surface area contributed by atoms with Crippen molar-refractivity contribution in [2.24, 2.45) is 0 Å². The molecule has 5 heteroatoms. The molecule has 5 nitrogen and oxygen atoms in total. The Kier molecular flexibility index (Phi) is 5.25. The predicted molar refractivity (Wildman–Crippen MR) is 57.6 cm³/mol. The van der Waals surface area contributed by atoms with Crippen molar-refractivity contribution in [1.82, 2.24) is 4.90 Å². The molecule has 1 saturated heterocycles.